The van der Waals surface area contributed by atoms with Crippen molar-refractivity contribution in [1.29, 1.82) is 0 Å². The maximum absolute atomic E-state index is 11.7. The van der Waals surface area contributed by atoms with E-state index in [-0.39, 0.29) is 29.7 Å². The molecular weight excluding hydrogens is 339 g/mol. The van der Waals surface area contributed by atoms with Crippen molar-refractivity contribution >= 4 is 62.6 Å². The molecule has 2 aromatic rings. The van der Waals surface area contributed by atoms with Crippen molar-refractivity contribution in [3.8, 4) is 0 Å². The second-order valence-corrected chi connectivity index (χ2v) is 6.35. The fourth-order valence-corrected chi connectivity index (χ4v) is 3.71. The minimum absolute atomic E-state index is 0. The van der Waals surface area contributed by atoms with Crippen LogP contribution in [-0.2, 0) is 14.4 Å². The lowest BCUT2D eigenvalue weighted by molar-refractivity contribution is -0.150. The number of aliphatic carboxylic acids is 1. The molecule has 22 heavy (non-hydrogen) atoms. The van der Waals surface area contributed by atoms with Gasteiger partial charge < -0.3 is 5.11 Å². The smallest absolute Gasteiger partial charge is 0.317 e. The number of amides is 1. The van der Waals surface area contributed by atoms with Crippen LogP contribution < -0.4 is 5.48 Å². The average Bonchev–Trinajstić information content (AvgIpc) is 2.87. The fraction of sp³-hybridized carbons (Fsp3) is 0.308. The summed E-state index contributed by atoms with van der Waals surface area (Å²) in [5, 5.41) is 9.11. The van der Waals surface area contributed by atoms with Gasteiger partial charge in [0, 0.05) is 5.75 Å². The number of rotatable bonds is 7. The Morgan fingerprint density at radius 1 is 1.45 bits per heavy atom. The molecule has 9 heteroatoms. The first kappa shape index (κ1) is 18.9. The zero-order valence-electron chi connectivity index (χ0n) is 11.2. The van der Waals surface area contributed by atoms with Crippen LogP contribution in [-0.4, -0.2) is 51.7 Å². The van der Waals surface area contributed by atoms with Crippen molar-refractivity contribution in [2.24, 2.45) is 5.92 Å². The van der Waals surface area contributed by atoms with Gasteiger partial charge in [-0.05, 0) is 19.1 Å². The number of para-hydroxylation sites is 1. The zero-order valence-corrected chi connectivity index (χ0v) is 12.9. The van der Waals surface area contributed by atoms with Gasteiger partial charge in [0.1, 0.15) is 5.92 Å². The predicted molar refractivity (Wildman–Crippen MR) is 91.2 cm³/mol. The van der Waals surface area contributed by atoms with Crippen LogP contribution in [0.15, 0.2) is 28.6 Å². The molecule has 1 heterocycles. The number of carboxylic acid groups (broad SMARTS) is 1. The molecule has 0 fully saturated rings. The van der Waals surface area contributed by atoms with Crippen LogP contribution >= 0.6 is 23.1 Å². The van der Waals surface area contributed by atoms with Crippen molar-refractivity contribution in [2.45, 2.75) is 11.3 Å². The third kappa shape index (κ3) is 4.97. The molecule has 0 spiro atoms. The van der Waals surface area contributed by atoms with Gasteiger partial charge in [0.05, 0.1) is 16.8 Å². The Balaban J connectivity index is 0.00000242. The van der Waals surface area contributed by atoms with Crippen LogP contribution in [0, 0.1) is 5.92 Å². The molecular formula is C13H17AlN2O4S2. The number of carbonyl (C=O) groups excluding carboxylic acids is 1. The third-order valence-electron chi connectivity index (χ3n) is 2.58. The Kier molecular flexibility index (Phi) is 7.86. The van der Waals surface area contributed by atoms with E-state index in [4.69, 9.17) is 9.94 Å². The molecule has 2 N–H and O–H groups in total. The summed E-state index contributed by atoms with van der Waals surface area (Å²) >= 11 is 2.73. The van der Waals surface area contributed by atoms with Crippen molar-refractivity contribution < 1.29 is 19.5 Å². The van der Waals surface area contributed by atoms with Gasteiger partial charge in [0.25, 0.3) is 5.91 Å². The van der Waals surface area contributed by atoms with Gasteiger partial charge in [-0.25, -0.2) is 10.5 Å². The van der Waals surface area contributed by atoms with E-state index < -0.39 is 17.8 Å². The van der Waals surface area contributed by atoms with Gasteiger partial charge in [-0.3, -0.25) is 14.4 Å². The average molecular weight is 356 g/mol. The number of thioether (sulfide) groups is 1. The van der Waals surface area contributed by atoms with Gasteiger partial charge in [0.2, 0.25) is 0 Å². The molecule has 0 saturated heterocycles. The first-order chi connectivity index (χ1) is 10.1. The van der Waals surface area contributed by atoms with Gasteiger partial charge in [-0.2, -0.15) is 0 Å². The molecule has 1 aromatic heterocycles. The van der Waals surface area contributed by atoms with Crippen molar-refractivity contribution in [3.63, 3.8) is 0 Å². The maximum atomic E-state index is 11.7. The minimum atomic E-state index is -1.18. The maximum Gasteiger partial charge on any atom is 0.317 e. The van der Waals surface area contributed by atoms with E-state index in [0.717, 1.165) is 14.6 Å². The molecule has 1 amide bonds. The number of nitrogens with zero attached hydrogens (tertiary/aromatic N) is 1. The van der Waals surface area contributed by atoms with Crippen LogP contribution in [0.2, 0.25) is 0 Å². The number of carboxylic acids is 1. The summed E-state index contributed by atoms with van der Waals surface area (Å²) in [6.45, 7) is 1.98. The van der Waals surface area contributed by atoms with E-state index in [1.165, 1.54) is 23.1 Å². The highest BCUT2D eigenvalue weighted by Gasteiger charge is 2.27. The summed E-state index contributed by atoms with van der Waals surface area (Å²) in [5.74, 6) is -2.90. The summed E-state index contributed by atoms with van der Waals surface area (Å²) in [7, 11) is 0. The number of aromatic nitrogens is 1. The summed E-state index contributed by atoms with van der Waals surface area (Å²) in [6.07, 6.45) is 0. The molecule has 0 radical (unpaired) electrons. The molecule has 1 unspecified atom stereocenters. The summed E-state index contributed by atoms with van der Waals surface area (Å²) in [5.41, 5.74) is 3.00. The summed E-state index contributed by atoms with van der Waals surface area (Å²) < 4.78 is 1.78. The van der Waals surface area contributed by atoms with Crippen LogP contribution in [0.1, 0.15) is 6.92 Å². The number of fused-ring (bicyclic) bond motifs is 1. The van der Waals surface area contributed by atoms with E-state index in [2.05, 4.69) is 10.5 Å². The quantitative estimate of drug-likeness (QED) is 0.333. The second-order valence-electron chi connectivity index (χ2n) is 4.05. The Bertz CT molecular complexity index is 617. The van der Waals surface area contributed by atoms with E-state index in [1.807, 2.05) is 24.3 Å². The van der Waals surface area contributed by atoms with Gasteiger partial charge in [0.15, 0.2) is 21.7 Å². The second kappa shape index (κ2) is 9.13. The van der Waals surface area contributed by atoms with Crippen LogP contribution in [0.25, 0.3) is 10.2 Å². The highest BCUT2D eigenvalue weighted by atomic mass is 32.2. The topological polar surface area (TPSA) is 88.5 Å². The Labute approximate surface area is 146 Å². The fourth-order valence-electron chi connectivity index (χ4n) is 1.54. The summed E-state index contributed by atoms with van der Waals surface area (Å²) in [4.78, 5) is 32.0. The molecule has 0 aliphatic heterocycles. The third-order valence-corrected chi connectivity index (χ3v) is 4.85. The van der Waals surface area contributed by atoms with Crippen molar-refractivity contribution in [1.82, 2.24) is 10.5 Å². The Morgan fingerprint density at radius 3 is 2.82 bits per heavy atom. The van der Waals surface area contributed by atoms with Crippen LogP contribution in [0.5, 0.6) is 0 Å². The number of hydrogen-bond donors (Lipinski definition) is 2. The largest absolute Gasteiger partial charge is 0.481 e. The SMILES string of the molecule is CCONC(=O)C(CSc1nc2ccccc2s1)C(=O)O.[AlH3]. The first-order valence-electron chi connectivity index (χ1n) is 6.24. The Morgan fingerprint density at radius 2 is 2.18 bits per heavy atom. The summed E-state index contributed by atoms with van der Waals surface area (Å²) in [6, 6.07) is 7.66. The molecule has 0 bridgehead atoms. The normalized spacial score (nSPS) is 11.7. The van der Waals surface area contributed by atoms with E-state index in [0.29, 0.717) is 0 Å². The molecule has 0 saturated carbocycles. The number of hydrogen-bond acceptors (Lipinski definition) is 6. The molecule has 1 aromatic carbocycles. The van der Waals surface area contributed by atoms with Gasteiger partial charge in [-0.15, -0.1) is 11.3 Å². The number of thiazole rings is 1. The lowest BCUT2D eigenvalue weighted by Crippen LogP contribution is -2.36. The predicted octanol–water partition coefficient (Wildman–Crippen LogP) is 0.973. The number of nitrogens with one attached hydrogen (secondary N) is 1. The standard InChI is InChI=1S/C13H14N2O4S2.Al.3H/c1-2-19-15-11(16)8(12(17)18)7-20-13-14-9-5-3-4-6-10(9)21-13;;;;/h3-6,8H,2,7H2,1H3,(H,15,16)(H,17,18);;;;. The molecule has 2 rings (SSSR count). The van der Waals surface area contributed by atoms with Crippen molar-refractivity contribution in [2.75, 3.05) is 12.4 Å². The number of carbonyl (C=O) groups is 2. The lowest BCUT2D eigenvalue weighted by Gasteiger charge is -2.10. The number of hydroxylamine groups is 1. The van der Waals surface area contributed by atoms with Crippen molar-refractivity contribution in [3.05, 3.63) is 24.3 Å². The van der Waals surface area contributed by atoms with E-state index >= 15 is 0 Å². The molecule has 6 nitrogen and oxygen atoms in total. The van der Waals surface area contributed by atoms with Gasteiger partial charge >= 0.3 is 5.97 Å². The molecule has 118 valence electrons. The highest BCUT2D eigenvalue weighted by molar-refractivity contribution is 8.01. The van der Waals surface area contributed by atoms with E-state index in [1.54, 1.807) is 6.92 Å². The van der Waals surface area contributed by atoms with Crippen LogP contribution in [0.3, 0.4) is 0 Å². The lowest BCUT2D eigenvalue weighted by atomic mass is 10.2. The molecule has 0 aliphatic carbocycles. The minimum Gasteiger partial charge on any atom is -0.481 e. The first-order valence-corrected chi connectivity index (χ1v) is 8.05. The van der Waals surface area contributed by atoms with Gasteiger partial charge in [-0.1, -0.05) is 23.9 Å². The highest BCUT2D eigenvalue weighted by Crippen LogP contribution is 2.30. The van der Waals surface area contributed by atoms with Crippen LogP contribution in [0.4, 0.5) is 0 Å². The number of benzene rings is 1. The van der Waals surface area contributed by atoms with E-state index in [9.17, 15) is 9.59 Å². The molecule has 1 atom stereocenters. The monoisotopic (exact) mass is 356 g/mol. The Hall–Kier alpha value is -1.11. The zero-order chi connectivity index (χ0) is 15.2. The molecule has 0 aliphatic rings.